The first-order valence-electron chi connectivity index (χ1n) is 9.08. The topological polar surface area (TPSA) is 70.2 Å². The van der Waals surface area contributed by atoms with Crippen LogP contribution in [-0.4, -0.2) is 30.9 Å². The summed E-state index contributed by atoms with van der Waals surface area (Å²) in [6.07, 6.45) is 2.97. The number of aryl methyl sites for hydroxylation is 1. The van der Waals surface area contributed by atoms with Crippen molar-refractivity contribution in [2.75, 3.05) is 18.4 Å². The van der Waals surface area contributed by atoms with E-state index >= 15 is 0 Å². The molecule has 5 nitrogen and oxygen atoms in total. The molecular weight excluding hydrogens is 326 g/mol. The summed E-state index contributed by atoms with van der Waals surface area (Å²) in [4.78, 5) is 23.9. The van der Waals surface area contributed by atoms with Crippen LogP contribution in [0.5, 0.6) is 0 Å². The van der Waals surface area contributed by atoms with Crippen molar-refractivity contribution in [1.29, 1.82) is 0 Å². The molecule has 0 atom stereocenters. The van der Waals surface area contributed by atoms with Gasteiger partial charge in [0.05, 0.1) is 6.54 Å². The Morgan fingerprint density at radius 1 is 1.04 bits per heavy atom. The highest BCUT2D eigenvalue weighted by Crippen LogP contribution is 2.19. The second-order valence-electron chi connectivity index (χ2n) is 6.71. The molecule has 0 heterocycles. The minimum absolute atomic E-state index is 0.0343. The van der Waals surface area contributed by atoms with Gasteiger partial charge >= 0.3 is 0 Å². The van der Waals surface area contributed by atoms with Gasteiger partial charge in [-0.3, -0.25) is 9.59 Å². The predicted octanol–water partition coefficient (Wildman–Crippen LogP) is 2.66. The highest BCUT2D eigenvalue weighted by Gasteiger charge is 2.23. The van der Waals surface area contributed by atoms with Crippen molar-refractivity contribution < 1.29 is 9.59 Å². The van der Waals surface area contributed by atoms with Gasteiger partial charge in [0.15, 0.2) is 0 Å². The molecule has 1 saturated carbocycles. The third-order valence-electron chi connectivity index (χ3n) is 4.49. The standard InChI is InChI=1S/C21H25N3O2/c1-15-4-2-3-5-16(15)12-13-22-20(25)14-23-18-8-6-17(7-9-18)21(26)24-19-10-11-19/h2-9,19,23H,10-14H2,1H3,(H,22,25)(H,24,26). The van der Waals surface area contributed by atoms with Crippen LogP contribution in [0.15, 0.2) is 48.5 Å². The highest BCUT2D eigenvalue weighted by molar-refractivity contribution is 5.95. The average Bonchev–Trinajstić information content (AvgIpc) is 3.46. The maximum Gasteiger partial charge on any atom is 0.251 e. The molecule has 0 spiro atoms. The number of hydrogen-bond acceptors (Lipinski definition) is 3. The molecule has 0 aromatic heterocycles. The zero-order valence-electron chi connectivity index (χ0n) is 15.0. The van der Waals surface area contributed by atoms with E-state index in [9.17, 15) is 9.59 Å². The first-order valence-corrected chi connectivity index (χ1v) is 9.08. The Morgan fingerprint density at radius 3 is 2.46 bits per heavy atom. The Kier molecular flexibility index (Phi) is 5.89. The first kappa shape index (κ1) is 18.0. The van der Waals surface area contributed by atoms with Crippen LogP contribution in [0.3, 0.4) is 0 Å². The van der Waals surface area contributed by atoms with Gasteiger partial charge in [0.2, 0.25) is 5.91 Å². The van der Waals surface area contributed by atoms with E-state index in [1.807, 2.05) is 24.3 Å². The molecule has 26 heavy (non-hydrogen) atoms. The van der Waals surface area contributed by atoms with Gasteiger partial charge in [-0.15, -0.1) is 0 Å². The number of anilines is 1. The minimum Gasteiger partial charge on any atom is -0.376 e. The fourth-order valence-electron chi connectivity index (χ4n) is 2.71. The van der Waals surface area contributed by atoms with Crippen molar-refractivity contribution in [3.8, 4) is 0 Å². The number of carbonyl (C=O) groups excluding carboxylic acids is 2. The summed E-state index contributed by atoms with van der Waals surface area (Å²) in [5.74, 6) is -0.0814. The molecule has 2 aromatic carbocycles. The third-order valence-corrected chi connectivity index (χ3v) is 4.49. The highest BCUT2D eigenvalue weighted by atomic mass is 16.2. The van der Waals surface area contributed by atoms with Crippen LogP contribution in [0, 0.1) is 6.92 Å². The Labute approximate surface area is 154 Å². The van der Waals surface area contributed by atoms with Crippen LogP contribution in [0.1, 0.15) is 34.3 Å². The number of amides is 2. The molecule has 1 aliphatic carbocycles. The van der Waals surface area contributed by atoms with Crippen molar-refractivity contribution in [3.05, 3.63) is 65.2 Å². The Hall–Kier alpha value is -2.82. The van der Waals surface area contributed by atoms with E-state index in [4.69, 9.17) is 0 Å². The van der Waals surface area contributed by atoms with Crippen LogP contribution in [0.25, 0.3) is 0 Å². The normalized spacial score (nSPS) is 13.1. The number of rotatable bonds is 8. The molecule has 0 aliphatic heterocycles. The van der Waals surface area contributed by atoms with Crippen LogP contribution in [0.4, 0.5) is 5.69 Å². The van der Waals surface area contributed by atoms with Crippen molar-refractivity contribution in [2.45, 2.75) is 32.2 Å². The fourth-order valence-corrected chi connectivity index (χ4v) is 2.71. The minimum atomic E-state index is -0.0471. The molecule has 0 bridgehead atoms. The SMILES string of the molecule is Cc1ccccc1CCNC(=O)CNc1ccc(C(=O)NC2CC2)cc1. The third kappa shape index (κ3) is 5.34. The van der Waals surface area contributed by atoms with Crippen molar-refractivity contribution in [3.63, 3.8) is 0 Å². The molecule has 0 saturated heterocycles. The van der Waals surface area contributed by atoms with Crippen molar-refractivity contribution in [2.24, 2.45) is 0 Å². The summed E-state index contributed by atoms with van der Waals surface area (Å²) in [5, 5.41) is 8.96. The molecule has 1 aliphatic rings. The van der Waals surface area contributed by atoms with E-state index < -0.39 is 0 Å². The smallest absolute Gasteiger partial charge is 0.251 e. The van der Waals surface area contributed by atoms with Crippen LogP contribution in [0.2, 0.25) is 0 Å². The molecule has 0 unspecified atom stereocenters. The maximum atomic E-state index is 12.0. The van der Waals surface area contributed by atoms with Crippen LogP contribution < -0.4 is 16.0 Å². The predicted molar refractivity (Wildman–Crippen MR) is 103 cm³/mol. The van der Waals surface area contributed by atoms with Gasteiger partial charge < -0.3 is 16.0 Å². The van der Waals surface area contributed by atoms with E-state index in [0.717, 1.165) is 24.9 Å². The Bertz CT molecular complexity index is 767. The molecule has 136 valence electrons. The van der Waals surface area contributed by atoms with Crippen molar-refractivity contribution in [1.82, 2.24) is 10.6 Å². The van der Waals surface area contributed by atoms with Gasteiger partial charge in [0.25, 0.3) is 5.91 Å². The maximum absolute atomic E-state index is 12.0. The van der Waals surface area contributed by atoms with Gasteiger partial charge in [-0.05, 0) is 61.6 Å². The second kappa shape index (κ2) is 8.52. The average molecular weight is 351 g/mol. The molecule has 2 amide bonds. The van der Waals surface area contributed by atoms with Gasteiger partial charge in [-0.1, -0.05) is 24.3 Å². The summed E-state index contributed by atoms with van der Waals surface area (Å²) >= 11 is 0. The van der Waals surface area contributed by atoms with Gasteiger partial charge in [-0.2, -0.15) is 0 Å². The Morgan fingerprint density at radius 2 is 1.77 bits per heavy atom. The first-order chi connectivity index (χ1) is 12.6. The Balaban J connectivity index is 1.38. The summed E-state index contributed by atoms with van der Waals surface area (Å²) in [6.45, 7) is 2.90. The monoisotopic (exact) mass is 351 g/mol. The van der Waals surface area contributed by atoms with E-state index in [-0.39, 0.29) is 18.4 Å². The number of carbonyl (C=O) groups is 2. The van der Waals surface area contributed by atoms with Gasteiger partial charge in [0.1, 0.15) is 0 Å². The lowest BCUT2D eigenvalue weighted by Gasteiger charge is -2.10. The van der Waals surface area contributed by atoms with Crippen LogP contribution >= 0.6 is 0 Å². The number of benzene rings is 2. The summed E-state index contributed by atoms with van der Waals surface area (Å²) in [5.41, 5.74) is 3.96. The lowest BCUT2D eigenvalue weighted by molar-refractivity contribution is -0.119. The van der Waals surface area contributed by atoms with E-state index in [1.54, 1.807) is 12.1 Å². The zero-order valence-corrected chi connectivity index (χ0v) is 15.0. The largest absolute Gasteiger partial charge is 0.376 e. The lowest BCUT2D eigenvalue weighted by Crippen LogP contribution is -2.31. The molecule has 3 rings (SSSR count). The fraction of sp³-hybridized carbons (Fsp3) is 0.333. The molecule has 2 aromatic rings. The molecular formula is C21H25N3O2. The summed E-state index contributed by atoms with van der Waals surface area (Å²) < 4.78 is 0. The van der Waals surface area contributed by atoms with Crippen molar-refractivity contribution >= 4 is 17.5 Å². The molecule has 3 N–H and O–H groups in total. The quantitative estimate of drug-likeness (QED) is 0.685. The zero-order chi connectivity index (χ0) is 18.4. The summed E-state index contributed by atoms with van der Waals surface area (Å²) in [6, 6.07) is 15.7. The molecule has 1 fully saturated rings. The van der Waals surface area contributed by atoms with Crippen LogP contribution in [-0.2, 0) is 11.2 Å². The van der Waals surface area contributed by atoms with Gasteiger partial charge in [-0.25, -0.2) is 0 Å². The molecule has 5 heteroatoms. The van der Waals surface area contributed by atoms with E-state index in [0.29, 0.717) is 18.2 Å². The lowest BCUT2D eigenvalue weighted by atomic mass is 10.1. The van der Waals surface area contributed by atoms with E-state index in [2.05, 4.69) is 35.0 Å². The summed E-state index contributed by atoms with van der Waals surface area (Å²) in [7, 11) is 0. The van der Waals surface area contributed by atoms with Gasteiger partial charge in [0, 0.05) is 23.8 Å². The molecule has 0 radical (unpaired) electrons. The number of hydrogen-bond donors (Lipinski definition) is 3. The van der Waals surface area contributed by atoms with E-state index in [1.165, 1.54) is 11.1 Å². The second-order valence-corrected chi connectivity index (χ2v) is 6.71. The number of nitrogens with one attached hydrogen (secondary N) is 3.